The van der Waals surface area contributed by atoms with Gasteiger partial charge in [-0.05, 0) is 38.5 Å². The maximum atomic E-state index is 6.48. The second-order valence-electron chi connectivity index (χ2n) is 7.74. The summed E-state index contributed by atoms with van der Waals surface area (Å²) in [5, 5.41) is 1.80. The predicted molar refractivity (Wildman–Crippen MR) is 107 cm³/mol. The van der Waals surface area contributed by atoms with Crippen LogP contribution in [0, 0.1) is 13.3 Å². The molecule has 1 heterocycles. The molecule has 1 unspecified atom stereocenters. The summed E-state index contributed by atoms with van der Waals surface area (Å²) in [4.78, 5) is 10.7. The Morgan fingerprint density at radius 1 is 1.15 bits per heavy atom. The number of ether oxygens (including phenoxy) is 1. The van der Waals surface area contributed by atoms with Gasteiger partial charge in [0.15, 0.2) is 0 Å². The van der Waals surface area contributed by atoms with E-state index >= 15 is 0 Å². The average Bonchev–Trinajstić information content (AvgIpc) is 2.97. The molecule has 156 valence electrons. The summed E-state index contributed by atoms with van der Waals surface area (Å²) in [5.41, 5.74) is 0.938. The Hall–Kier alpha value is -0.368. The average molecular weight is 509 g/mol. The van der Waals surface area contributed by atoms with Crippen LogP contribution < -0.4 is 4.74 Å². The van der Waals surface area contributed by atoms with Crippen LogP contribution in [0.3, 0.4) is 0 Å². The Kier molecular flexibility index (Phi) is 12.1. The molecule has 1 atom stereocenters. The van der Waals surface area contributed by atoms with Crippen LogP contribution >= 0.6 is 19.1 Å². The fourth-order valence-corrected chi connectivity index (χ4v) is 2.01. The minimum absolute atomic E-state index is 0.0379. The summed E-state index contributed by atoms with van der Waals surface area (Å²) < 4.78 is 5.18. The van der Waals surface area contributed by atoms with Crippen molar-refractivity contribution in [3.8, 4) is 5.75 Å². The zero-order valence-electron chi connectivity index (χ0n) is 17.1. The first-order valence-electron chi connectivity index (χ1n) is 8.21. The second kappa shape index (κ2) is 12.2. The molecule has 1 fully saturated rings. The standard InChI is InChI=1S/C14H20N2O2.C5H9N.2ClH.Pd/c1-14(2,3)16-10-18-15(4)13(16)11-6-8-12(17-5)9-7-11;1-5(2,3)6-4;;;/h6-9,13H,1-5H3;1-3H3;2*1H;/q;;;;+2/p-2. The first kappa shape index (κ1) is 26.6. The van der Waals surface area contributed by atoms with E-state index in [-0.39, 0.29) is 33.2 Å². The van der Waals surface area contributed by atoms with Crippen LogP contribution in [0.25, 0.3) is 4.85 Å². The van der Waals surface area contributed by atoms with Crippen molar-refractivity contribution in [1.29, 1.82) is 0 Å². The Morgan fingerprint density at radius 2 is 1.59 bits per heavy atom. The molecule has 2 rings (SSSR count). The van der Waals surface area contributed by atoms with Gasteiger partial charge in [-0.3, -0.25) is 4.84 Å². The van der Waals surface area contributed by atoms with Crippen molar-refractivity contribution in [3.63, 3.8) is 0 Å². The number of hydrogen-bond acceptors (Lipinski definition) is 4. The summed E-state index contributed by atoms with van der Waals surface area (Å²) in [6, 6.07) is 8.02. The Morgan fingerprint density at radius 3 is 1.93 bits per heavy atom. The molecule has 0 saturated carbocycles. The third-order valence-corrected chi connectivity index (χ3v) is 3.34. The van der Waals surface area contributed by atoms with Gasteiger partial charge >= 0.3 is 35.0 Å². The number of hydrogen-bond donors (Lipinski definition) is 0. The van der Waals surface area contributed by atoms with Crippen LogP contribution in [0.2, 0.25) is 0 Å². The van der Waals surface area contributed by atoms with Crippen LogP contribution in [0.5, 0.6) is 5.75 Å². The molecule has 1 aliphatic heterocycles. The fraction of sp³-hybridized carbons (Fsp3) is 0.579. The molecule has 0 spiro atoms. The second-order valence-corrected chi connectivity index (χ2v) is 10.1. The summed E-state index contributed by atoms with van der Waals surface area (Å²) in [5.74, 6) is 0.857. The molecular weight excluding hydrogens is 480 g/mol. The molecule has 0 amide bonds. The van der Waals surface area contributed by atoms with Gasteiger partial charge in [0, 0.05) is 33.4 Å². The summed E-state index contributed by atoms with van der Waals surface area (Å²) in [7, 11) is 13.2. The molecule has 0 bridgehead atoms. The predicted octanol–water partition coefficient (Wildman–Crippen LogP) is 5.75. The van der Waals surface area contributed by atoms with Gasteiger partial charge < -0.3 is 9.58 Å². The SMILES string of the molecule is COc1ccc(C2N(C)O[C]N2C(C)(C)C)cc1.[C-]#[N+]C(C)(C)C.[Cl][Pd][Cl]. The van der Waals surface area contributed by atoms with E-state index in [2.05, 4.69) is 49.4 Å². The monoisotopic (exact) mass is 507 g/mol. The van der Waals surface area contributed by atoms with Crippen molar-refractivity contribution in [2.75, 3.05) is 14.2 Å². The van der Waals surface area contributed by atoms with Gasteiger partial charge in [-0.15, -0.1) is 0 Å². The Labute approximate surface area is 180 Å². The van der Waals surface area contributed by atoms with Crippen LogP contribution in [-0.4, -0.2) is 35.2 Å². The van der Waals surface area contributed by atoms with E-state index in [4.69, 9.17) is 35.2 Å². The fourth-order valence-electron chi connectivity index (χ4n) is 2.01. The molecule has 0 aromatic heterocycles. The van der Waals surface area contributed by atoms with Crippen LogP contribution in [0.1, 0.15) is 53.3 Å². The molecular formula is C19H29Cl2N3O2Pd. The van der Waals surface area contributed by atoms with E-state index in [1.807, 2.05) is 40.0 Å². The van der Waals surface area contributed by atoms with Gasteiger partial charge in [0.05, 0.1) is 7.11 Å². The third kappa shape index (κ3) is 10.1. The summed E-state index contributed by atoms with van der Waals surface area (Å²) >= 11 is -0.106. The molecule has 2 radical (unpaired) electrons. The number of methoxy groups -OCH3 is 1. The molecule has 0 aliphatic carbocycles. The van der Waals surface area contributed by atoms with E-state index in [9.17, 15) is 0 Å². The van der Waals surface area contributed by atoms with Gasteiger partial charge in [0.25, 0.3) is 0 Å². The normalized spacial score (nSPS) is 18.0. The Balaban J connectivity index is 0.000000632. The zero-order valence-corrected chi connectivity index (χ0v) is 20.2. The molecule has 1 aliphatic rings. The van der Waals surface area contributed by atoms with Gasteiger partial charge in [0.2, 0.25) is 12.3 Å². The van der Waals surface area contributed by atoms with Crippen molar-refractivity contribution >= 4 is 19.1 Å². The van der Waals surface area contributed by atoms with Crippen LogP contribution in [0.15, 0.2) is 24.3 Å². The number of nitrogens with zero attached hydrogens (tertiary/aromatic N) is 3. The van der Waals surface area contributed by atoms with Crippen LogP contribution in [-0.2, 0) is 20.8 Å². The molecule has 1 aromatic carbocycles. The van der Waals surface area contributed by atoms with E-state index in [1.54, 1.807) is 12.2 Å². The van der Waals surface area contributed by atoms with Gasteiger partial charge in [0.1, 0.15) is 11.9 Å². The number of halogens is 2. The van der Waals surface area contributed by atoms with Gasteiger partial charge in [-0.25, -0.2) is 11.5 Å². The number of hydroxylamine groups is 2. The van der Waals surface area contributed by atoms with Crippen molar-refractivity contribution in [1.82, 2.24) is 9.96 Å². The zero-order chi connectivity index (χ0) is 21.3. The Bertz CT molecular complexity index is 581. The van der Waals surface area contributed by atoms with Gasteiger partial charge in [-0.1, -0.05) is 12.1 Å². The minimum atomic E-state index is -0.167. The number of rotatable bonds is 2. The quantitative estimate of drug-likeness (QED) is 0.376. The molecule has 1 saturated heterocycles. The first-order valence-corrected chi connectivity index (χ1v) is 12.2. The van der Waals surface area contributed by atoms with Crippen molar-refractivity contribution < 1.29 is 25.5 Å². The summed E-state index contributed by atoms with van der Waals surface area (Å²) in [6.45, 7) is 21.5. The van der Waals surface area contributed by atoms with E-state index in [0.29, 0.717) is 0 Å². The van der Waals surface area contributed by atoms with Crippen molar-refractivity contribution in [3.05, 3.63) is 48.0 Å². The van der Waals surface area contributed by atoms with Crippen molar-refractivity contribution in [2.24, 2.45) is 0 Å². The third-order valence-electron chi connectivity index (χ3n) is 3.34. The van der Waals surface area contributed by atoms with E-state index in [1.165, 1.54) is 0 Å². The summed E-state index contributed by atoms with van der Waals surface area (Å²) in [6.07, 6.45) is 0.0379. The molecule has 8 heteroatoms. The number of benzene rings is 1. The molecule has 27 heavy (non-hydrogen) atoms. The molecule has 0 N–H and O–H groups in total. The van der Waals surface area contributed by atoms with Crippen molar-refractivity contribution in [2.45, 2.75) is 58.8 Å². The maximum absolute atomic E-state index is 6.48. The van der Waals surface area contributed by atoms with E-state index < -0.39 is 0 Å². The topological polar surface area (TPSA) is 29.3 Å². The molecule has 5 nitrogen and oxygen atoms in total. The van der Waals surface area contributed by atoms with Crippen LogP contribution in [0.4, 0.5) is 0 Å². The first-order chi connectivity index (χ1) is 12.4. The van der Waals surface area contributed by atoms with E-state index in [0.717, 1.165) is 11.3 Å². The molecule has 1 aromatic rings. The van der Waals surface area contributed by atoms with Gasteiger partial charge in [-0.2, -0.15) is 5.06 Å².